The summed E-state index contributed by atoms with van der Waals surface area (Å²) in [5.41, 5.74) is 2.80. The number of nitrogens with zero attached hydrogens (tertiary/aromatic N) is 3. The Kier molecular flexibility index (Phi) is 6.81. The van der Waals surface area contributed by atoms with E-state index < -0.39 is 0 Å². The van der Waals surface area contributed by atoms with E-state index in [1.807, 2.05) is 35.4 Å². The minimum atomic E-state index is -0.0492. The molecule has 0 aromatic heterocycles. The molecule has 3 heterocycles. The molecule has 2 amide bonds. The van der Waals surface area contributed by atoms with Crippen molar-refractivity contribution in [1.82, 2.24) is 4.90 Å². The van der Waals surface area contributed by atoms with E-state index in [2.05, 4.69) is 4.99 Å². The maximum atomic E-state index is 13.3. The highest BCUT2D eigenvalue weighted by Gasteiger charge is 2.35. The van der Waals surface area contributed by atoms with Gasteiger partial charge in [0.1, 0.15) is 5.75 Å². The first-order valence-corrected chi connectivity index (χ1v) is 13.8. The van der Waals surface area contributed by atoms with Gasteiger partial charge < -0.3 is 24.4 Å². The number of alkyl halides is 1. The molecule has 1 N–H and O–H groups in total. The molecule has 1 saturated heterocycles. The van der Waals surface area contributed by atoms with Gasteiger partial charge in [-0.25, -0.2) is 0 Å². The maximum absolute atomic E-state index is 13.3. The van der Waals surface area contributed by atoms with Crippen LogP contribution in [0.5, 0.6) is 17.2 Å². The van der Waals surface area contributed by atoms with Crippen molar-refractivity contribution >= 4 is 51.8 Å². The lowest BCUT2D eigenvalue weighted by Crippen LogP contribution is -2.35. The zero-order valence-corrected chi connectivity index (χ0v) is 22.5. The average Bonchev–Trinajstić information content (AvgIpc) is 3.55. The fourth-order valence-electron chi connectivity index (χ4n) is 5.95. The monoisotopic (exact) mass is 547 g/mol. The van der Waals surface area contributed by atoms with Gasteiger partial charge in [0.25, 0.3) is 5.91 Å². The topological polar surface area (TPSA) is 91.7 Å². The zero-order valence-electron chi connectivity index (χ0n) is 21.7. The fraction of sp³-hybridized carbons (Fsp3) is 0.367. The molecule has 0 unspecified atom stereocenters. The van der Waals surface area contributed by atoms with Crippen molar-refractivity contribution in [2.24, 2.45) is 4.99 Å². The van der Waals surface area contributed by atoms with Crippen molar-refractivity contribution < 1.29 is 24.2 Å². The number of aromatic hydroxyl groups is 1. The molecule has 202 valence electrons. The van der Waals surface area contributed by atoms with Crippen molar-refractivity contribution in [3.05, 3.63) is 53.6 Å². The third-order valence-electron chi connectivity index (χ3n) is 7.88. The number of hydrogen-bond acceptors (Lipinski definition) is 6. The van der Waals surface area contributed by atoms with Gasteiger partial charge >= 0.3 is 0 Å². The standard InChI is InChI=1S/C30H30ClN3O5/c1-38-26-12-22-23(32-16-19-6-4-10-33(19)30(22)37)13-27(26)39-11-5-9-28(36)34-17-18(15-31)29-21-8-3-2-7-20(21)25(35)14-24(29)34/h2-3,7-8,12-14,16,18-19,35H,4-6,9-11,15,17H2,1H3/t18-,19+/m1/s1. The van der Waals surface area contributed by atoms with Gasteiger partial charge in [0.15, 0.2) is 11.5 Å². The Morgan fingerprint density at radius 1 is 1.18 bits per heavy atom. The number of benzene rings is 3. The van der Waals surface area contributed by atoms with Gasteiger partial charge in [-0.2, -0.15) is 0 Å². The predicted octanol–water partition coefficient (Wildman–Crippen LogP) is 5.40. The lowest BCUT2D eigenvalue weighted by atomic mass is 9.95. The Morgan fingerprint density at radius 3 is 2.79 bits per heavy atom. The highest BCUT2D eigenvalue weighted by atomic mass is 35.5. The summed E-state index contributed by atoms with van der Waals surface area (Å²) in [5, 5.41) is 12.3. The summed E-state index contributed by atoms with van der Waals surface area (Å²) in [7, 11) is 1.54. The quantitative estimate of drug-likeness (QED) is 0.316. The van der Waals surface area contributed by atoms with Crippen molar-refractivity contribution in [1.29, 1.82) is 0 Å². The van der Waals surface area contributed by atoms with E-state index in [0.717, 1.165) is 41.4 Å². The van der Waals surface area contributed by atoms with Crippen LogP contribution < -0.4 is 14.4 Å². The summed E-state index contributed by atoms with van der Waals surface area (Å²) >= 11 is 6.30. The first-order valence-electron chi connectivity index (χ1n) is 13.3. The molecular formula is C30H30ClN3O5. The van der Waals surface area contributed by atoms with Crippen molar-refractivity contribution in [2.45, 2.75) is 37.6 Å². The highest BCUT2D eigenvalue weighted by Crippen LogP contribution is 2.45. The van der Waals surface area contributed by atoms with Crippen LogP contribution in [0.3, 0.4) is 0 Å². The maximum Gasteiger partial charge on any atom is 0.256 e. The van der Waals surface area contributed by atoms with Gasteiger partial charge in [-0.05, 0) is 36.3 Å². The van der Waals surface area contributed by atoms with Crippen LogP contribution in [-0.4, -0.2) is 66.8 Å². The molecule has 1 fully saturated rings. The van der Waals surface area contributed by atoms with E-state index in [9.17, 15) is 14.7 Å². The molecule has 9 heteroatoms. The Bertz CT molecular complexity index is 1490. The summed E-state index contributed by atoms with van der Waals surface area (Å²) in [6.07, 6.45) is 4.48. The number of halogens is 1. The van der Waals surface area contributed by atoms with E-state index in [4.69, 9.17) is 21.1 Å². The highest BCUT2D eigenvalue weighted by molar-refractivity contribution is 6.19. The van der Waals surface area contributed by atoms with Crippen LogP contribution >= 0.6 is 11.6 Å². The van der Waals surface area contributed by atoms with E-state index in [1.165, 1.54) is 0 Å². The van der Waals surface area contributed by atoms with Crippen LogP contribution in [0, 0.1) is 0 Å². The Labute approximate surface area is 231 Å². The first kappa shape index (κ1) is 25.5. The van der Waals surface area contributed by atoms with Gasteiger partial charge in [-0.1, -0.05) is 24.3 Å². The lowest BCUT2D eigenvalue weighted by Gasteiger charge is -2.20. The molecule has 0 saturated carbocycles. The van der Waals surface area contributed by atoms with E-state index in [0.29, 0.717) is 41.6 Å². The molecule has 6 rings (SSSR count). The average molecular weight is 548 g/mol. The molecule has 3 aromatic carbocycles. The molecule has 3 aliphatic heterocycles. The molecule has 3 aliphatic rings. The van der Waals surface area contributed by atoms with Gasteiger partial charge in [0.05, 0.1) is 36.7 Å². The number of carbonyl (C=O) groups is 2. The summed E-state index contributed by atoms with van der Waals surface area (Å²) in [4.78, 5) is 34.5. The number of phenols is 1. The molecule has 0 radical (unpaired) electrons. The molecule has 8 nitrogen and oxygen atoms in total. The third-order valence-corrected chi connectivity index (χ3v) is 8.26. The van der Waals surface area contributed by atoms with Crippen molar-refractivity contribution in [3.63, 3.8) is 0 Å². The van der Waals surface area contributed by atoms with Gasteiger partial charge in [0, 0.05) is 55.0 Å². The normalized spacial score (nSPS) is 19.6. The number of aliphatic imine (C=N–C) groups is 1. The number of fused-ring (bicyclic) bond motifs is 5. The van der Waals surface area contributed by atoms with Crippen LogP contribution in [0.4, 0.5) is 11.4 Å². The minimum Gasteiger partial charge on any atom is -0.507 e. The Morgan fingerprint density at radius 2 is 2.00 bits per heavy atom. The molecule has 39 heavy (non-hydrogen) atoms. The smallest absolute Gasteiger partial charge is 0.256 e. The molecule has 0 bridgehead atoms. The fourth-order valence-corrected chi connectivity index (χ4v) is 6.20. The molecule has 0 aliphatic carbocycles. The van der Waals surface area contributed by atoms with Crippen LogP contribution in [0.15, 0.2) is 47.5 Å². The molecule has 0 spiro atoms. The second kappa shape index (κ2) is 10.4. The number of hydrogen-bond donors (Lipinski definition) is 1. The van der Waals surface area contributed by atoms with Gasteiger partial charge in [-0.15, -0.1) is 11.6 Å². The summed E-state index contributed by atoms with van der Waals surface area (Å²) < 4.78 is 11.5. The number of methoxy groups -OCH3 is 1. The zero-order chi connectivity index (χ0) is 27.1. The summed E-state index contributed by atoms with van der Waals surface area (Å²) in [6.45, 7) is 1.50. The Balaban J connectivity index is 1.15. The SMILES string of the molecule is COc1cc2c(cc1OCCCC(=O)N1C[C@@H](CCl)c3c1cc(O)c1ccccc31)N=C[C@@H]1CCCN1C2=O. The van der Waals surface area contributed by atoms with E-state index in [1.54, 1.807) is 30.2 Å². The van der Waals surface area contributed by atoms with E-state index >= 15 is 0 Å². The largest absolute Gasteiger partial charge is 0.507 e. The van der Waals surface area contributed by atoms with Crippen LogP contribution in [-0.2, 0) is 4.79 Å². The van der Waals surface area contributed by atoms with Crippen molar-refractivity contribution in [2.75, 3.05) is 37.6 Å². The van der Waals surface area contributed by atoms with Crippen LogP contribution in [0.2, 0.25) is 0 Å². The number of anilines is 1. The second-order valence-electron chi connectivity index (χ2n) is 10.2. The third kappa shape index (κ3) is 4.46. The summed E-state index contributed by atoms with van der Waals surface area (Å²) in [6, 6.07) is 12.8. The lowest BCUT2D eigenvalue weighted by molar-refractivity contribution is -0.118. The van der Waals surface area contributed by atoms with E-state index in [-0.39, 0.29) is 42.6 Å². The first-order chi connectivity index (χ1) is 19.0. The minimum absolute atomic E-state index is 0.00432. The molecule has 2 atom stereocenters. The number of phenolic OH excluding ortho intramolecular Hbond substituents is 1. The number of carbonyl (C=O) groups excluding carboxylic acids is 2. The van der Waals surface area contributed by atoms with Crippen LogP contribution in [0.1, 0.15) is 47.5 Å². The van der Waals surface area contributed by atoms with Gasteiger partial charge in [0.2, 0.25) is 5.91 Å². The number of rotatable bonds is 7. The van der Waals surface area contributed by atoms with Crippen molar-refractivity contribution in [3.8, 4) is 17.2 Å². The Hall–Kier alpha value is -3.78. The molecular weight excluding hydrogens is 518 g/mol. The summed E-state index contributed by atoms with van der Waals surface area (Å²) in [5.74, 6) is 1.39. The van der Waals surface area contributed by atoms with Gasteiger partial charge in [-0.3, -0.25) is 14.6 Å². The molecule has 3 aromatic rings. The second-order valence-corrected chi connectivity index (χ2v) is 10.5. The number of amides is 2. The predicted molar refractivity (Wildman–Crippen MR) is 151 cm³/mol. The number of ether oxygens (including phenoxy) is 2. The van der Waals surface area contributed by atoms with Crippen LogP contribution in [0.25, 0.3) is 10.8 Å².